The molecular weight excluding hydrogens is 302 g/mol. The lowest BCUT2D eigenvalue weighted by molar-refractivity contribution is -0.110. The van der Waals surface area contributed by atoms with Gasteiger partial charge >= 0.3 is 0 Å². The van der Waals surface area contributed by atoms with Crippen LogP contribution in [0.3, 0.4) is 0 Å². The molecule has 0 aromatic heterocycles. The number of rotatable bonds is 3. The molecule has 0 amide bonds. The number of para-hydroxylation sites is 1. The highest BCUT2D eigenvalue weighted by atomic mass is 79.9. The van der Waals surface area contributed by atoms with Crippen LogP contribution < -0.4 is 4.90 Å². The van der Waals surface area contributed by atoms with Crippen LogP contribution in [0.5, 0.6) is 0 Å². The van der Waals surface area contributed by atoms with Crippen molar-refractivity contribution < 1.29 is 4.79 Å². The molecule has 96 valence electrons. The molecule has 1 saturated heterocycles. The summed E-state index contributed by atoms with van der Waals surface area (Å²) in [4.78, 5) is 13.3. The Morgan fingerprint density at radius 1 is 1.05 bits per heavy atom. The van der Waals surface area contributed by atoms with E-state index >= 15 is 0 Å². The molecule has 0 radical (unpaired) electrons. The van der Waals surface area contributed by atoms with Gasteiger partial charge in [0.05, 0.1) is 12.1 Å². The second-order valence-electron chi connectivity index (χ2n) is 4.75. The predicted molar refractivity (Wildman–Crippen MR) is 80.3 cm³/mol. The Kier molecular flexibility index (Phi) is 3.38. The number of hydrogen-bond donors (Lipinski definition) is 0. The summed E-state index contributed by atoms with van der Waals surface area (Å²) in [6.45, 7) is 0. The highest BCUT2D eigenvalue weighted by molar-refractivity contribution is 9.10. The van der Waals surface area contributed by atoms with Crippen molar-refractivity contribution in [2.24, 2.45) is 0 Å². The van der Waals surface area contributed by atoms with Crippen molar-refractivity contribution in [2.75, 3.05) is 4.90 Å². The minimum absolute atomic E-state index is 0.00366. The van der Waals surface area contributed by atoms with Crippen LogP contribution in [-0.4, -0.2) is 12.3 Å². The molecule has 0 saturated carbocycles. The van der Waals surface area contributed by atoms with E-state index in [0.29, 0.717) is 6.04 Å². The number of nitrogens with zero attached hydrogens (tertiary/aromatic N) is 1. The quantitative estimate of drug-likeness (QED) is 0.799. The van der Waals surface area contributed by atoms with Gasteiger partial charge in [-0.3, -0.25) is 0 Å². The highest BCUT2D eigenvalue weighted by Crippen LogP contribution is 2.41. The molecule has 0 aliphatic carbocycles. The Labute approximate surface area is 121 Å². The van der Waals surface area contributed by atoms with E-state index in [1.165, 1.54) is 5.56 Å². The summed E-state index contributed by atoms with van der Waals surface area (Å²) in [5.74, 6) is 0. The number of aldehydes is 1. The summed E-state index contributed by atoms with van der Waals surface area (Å²) in [6, 6.07) is 18.7. The summed E-state index contributed by atoms with van der Waals surface area (Å²) < 4.78 is 1.08. The summed E-state index contributed by atoms with van der Waals surface area (Å²) in [7, 11) is 0. The lowest BCUT2D eigenvalue weighted by Crippen LogP contribution is -2.51. The fourth-order valence-electron chi connectivity index (χ4n) is 2.62. The van der Waals surface area contributed by atoms with Crippen LogP contribution in [0, 0.1) is 0 Å². The molecule has 2 nitrogen and oxygen atoms in total. The fourth-order valence-corrected chi connectivity index (χ4v) is 2.89. The van der Waals surface area contributed by atoms with Gasteiger partial charge in [-0.1, -0.05) is 46.3 Å². The molecular formula is C16H14BrNO. The van der Waals surface area contributed by atoms with Gasteiger partial charge in [-0.2, -0.15) is 0 Å². The molecule has 1 unspecified atom stereocenters. The molecule has 2 aromatic rings. The van der Waals surface area contributed by atoms with Gasteiger partial charge in [0.2, 0.25) is 0 Å². The Balaban J connectivity index is 1.91. The number of carbonyl (C=O) groups excluding carboxylic acids is 1. The molecule has 3 heteroatoms. The second-order valence-corrected chi connectivity index (χ2v) is 5.66. The average Bonchev–Trinajstić information content (AvgIpc) is 2.41. The van der Waals surface area contributed by atoms with Crippen LogP contribution in [0.4, 0.5) is 5.69 Å². The first-order valence-corrected chi connectivity index (χ1v) is 7.13. The SMILES string of the molecule is O=CC1C[C@@H](c2ccc(Br)cc2)N1c1ccccc1. The van der Waals surface area contributed by atoms with E-state index in [1.807, 2.05) is 30.3 Å². The van der Waals surface area contributed by atoms with E-state index < -0.39 is 0 Å². The van der Waals surface area contributed by atoms with Crippen LogP contribution in [0.1, 0.15) is 18.0 Å². The molecule has 19 heavy (non-hydrogen) atoms. The first-order valence-electron chi connectivity index (χ1n) is 6.34. The summed E-state index contributed by atoms with van der Waals surface area (Å²) >= 11 is 3.45. The van der Waals surface area contributed by atoms with Crippen molar-refractivity contribution in [3.63, 3.8) is 0 Å². The van der Waals surface area contributed by atoms with E-state index in [2.05, 4.69) is 45.1 Å². The maximum atomic E-state index is 11.2. The van der Waals surface area contributed by atoms with Gasteiger partial charge in [-0.05, 0) is 36.2 Å². The number of halogens is 1. The molecule has 2 atom stereocenters. The van der Waals surface area contributed by atoms with E-state index in [-0.39, 0.29) is 6.04 Å². The standard InChI is InChI=1S/C16H14BrNO/c17-13-8-6-12(7-9-13)16-10-15(11-19)18(16)14-4-2-1-3-5-14/h1-9,11,15-16H,10H2/t15?,16-/m0/s1. The zero-order valence-electron chi connectivity index (χ0n) is 10.4. The molecule has 0 spiro atoms. The molecule has 1 heterocycles. The summed E-state index contributed by atoms with van der Waals surface area (Å²) in [6.07, 6.45) is 1.93. The van der Waals surface area contributed by atoms with Crippen molar-refractivity contribution in [3.8, 4) is 0 Å². The minimum atomic E-state index is -0.00366. The maximum Gasteiger partial charge on any atom is 0.142 e. The lowest BCUT2D eigenvalue weighted by Gasteiger charge is -2.48. The first-order chi connectivity index (χ1) is 9.29. The van der Waals surface area contributed by atoms with E-state index in [1.54, 1.807) is 0 Å². The van der Waals surface area contributed by atoms with Crippen LogP contribution in [-0.2, 0) is 4.79 Å². The summed E-state index contributed by atoms with van der Waals surface area (Å²) in [5.41, 5.74) is 2.36. The first kappa shape index (κ1) is 12.4. The van der Waals surface area contributed by atoms with Crippen molar-refractivity contribution in [1.29, 1.82) is 0 Å². The molecule has 1 fully saturated rings. The Bertz CT molecular complexity index is 567. The minimum Gasteiger partial charge on any atom is -0.355 e. The number of hydrogen-bond acceptors (Lipinski definition) is 2. The molecule has 0 N–H and O–H groups in total. The van der Waals surface area contributed by atoms with E-state index in [0.717, 1.165) is 22.9 Å². The fraction of sp³-hybridized carbons (Fsp3) is 0.188. The van der Waals surface area contributed by atoms with Crippen LogP contribution in [0.25, 0.3) is 0 Å². The summed E-state index contributed by atoms with van der Waals surface area (Å²) in [5, 5.41) is 0. The smallest absolute Gasteiger partial charge is 0.142 e. The topological polar surface area (TPSA) is 20.3 Å². The monoisotopic (exact) mass is 315 g/mol. The molecule has 0 bridgehead atoms. The van der Waals surface area contributed by atoms with Crippen molar-refractivity contribution in [2.45, 2.75) is 18.5 Å². The predicted octanol–water partition coefficient (Wildman–Crippen LogP) is 3.97. The van der Waals surface area contributed by atoms with Gasteiger partial charge in [0.15, 0.2) is 0 Å². The second kappa shape index (κ2) is 5.17. The van der Waals surface area contributed by atoms with Crippen LogP contribution in [0.15, 0.2) is 59.1 Å². The lowest BCUT2D eigenvalue weighted by atomic mass is 9.87. The third-order valence-corrected chi connectivity index (χ3v) is 4.15. The van der Waals surface area contributed by atoms with Gasteiger partial charge in [0.25, 0.3) is 0 Å². The van der Waals surface area contributed by atoms with Gasteiger partial charge in [0, 0.05) is 10.2 Å². The number of benzene rings is 2. The molecule has 1 aliphatic heterocycles. The highest BCUT2D eigenvalue weighted by Gasteiger charge is 2.38. The van der Waals surface area contributed by atoms with Gasteiger partial charge in [0.1, 0.15) is 6.29 Å². The molecule has 3 rings (SSSR count). The van der Waals surface area contributed by atoms with Crippen LogP contribution >= 0.6 is 15.9 Å². The van der Waals surface area contributed by atoms with Crippen molar-refractivity contribution in [3.05, 3.63) is 64.6 Å². The zero-order chi connectivity index (χ0) is 13.2. The maximum absolute atomic E-state index is 11.2. The number of anilines is 1. The normalized spacial score (nSPS) is 21.8. The number of carbonyl (C=O) groups is 1. The Morgan fingerprint density at radius 3 is 2.37 bits per heavy atom. The largest absolute Gasteiger partial charge is 0.355 e. The van der Waals surface area contributed by atoms with Crippen molar-refractivity contribution in [1.82, 2.24) is 0 Å². The van der Waals surface area contributed by atoms with E-state index in [9.17, 15) is 4.79 Å². The molecule has 1 aliphatic rings. The van der Waals surface area contributed by atoms with Crippen LogP contribution in [0.2, 0.25) is 0 Å². The van der Waals surface area contributed by atoms with E-state index in [4.69, 9.17) is 0 Å². The Hall–Kier alpha value is -1.61. The van der Waals surface area contributed by atoms with Gasteiger partial charge < -0.3 is 9.69 Å². The molecule has 2 aromatic carbocycles. The third kappa shape index (κ3) is 2.30. The zero-order valence-corrected chi connectivity index (χ0v) is 12.0. The Morgan fingerprint density at radius 2 is 1.74 bits per heavy atom. The van der Waals surface area contributed by atoms with Crippen molar-refractivity contribution >= 4 is 27.9 Å². The average molecular weight is 316 g/mol. The third-order valence-electron chi connectivity index (χ3n) is 3.62. The van der Waals surface area contributed by atoms with Gasteiger partial charge in [-0.25, -0.2) is 0 Å². The van der Waals surface area contributed by atoms with Gasteiger partial charge in [-0.15, -0.1) is 0 Å².